The molecular formula is C17H20N6O. The van der Waals surface area contributed by atoms with Gasteiger partial charge in [0.1, 0.15) is 17.8 Å². The highest BCUT2D eigenvalue weighted by atomic mass is 16.5. The van der Waals surface area contributed by atoms with E-state index in [4.69, 9.17) is 9.72 Å². The zero-order chi connectivity index (χ0) is 16.5. The van der Waals surface area contributed by atoms with E-state index in [1.54, 1.807) is 0 Å². The van der Waals surface area contributed by atoms with Crippen LogP contribution in [0.1, 0.15) is 29.3 Å². The molecule has 7 nitrogen and oxygen atoms in total. The van der Waals surface area contributed by atoms with Crippen LogP contribution in [0, 0.1) is 13.8 Å². The maximum absolute atomic E-state index is 5.81. The Morgan fingerprint density at radius 1 is 1.21 bits per heavy atom. The Balaban J connectivity index is 1.52. The summed E-state index contributed by atoms with van der Waals surface area (Å²) >= 11 is 0. The molecule has 1 aliphatic rings. The van der Waals surface area contributed by atoms with E-state index in [9.17, 15) is 0 Å². The van der Waals surface area contributed by atoms with Crippen LogP contribution in [-0.2, 0) is 11.3 Å². The van der Waals surface area contributed by atoms with E-state index in [-0.39, 0.29) is 6.10 Å². The van der Waals surface area contributed by atoms with Gasteiger partial charge in [0, 0.05) is 24.2 Å². The van der Waals surface area contributed by atoms with Gasteiger partial charge in [-0.1, -0.05) is 18.2 Å². The number of fused-ring (bicyclic) bond motifs is 1. The van der Waals surface area contributed by atoms with Crippen LogP contribution in [0.15, 0.2) is 24.3 Å². The molecule has 1 aliphatic heterocycles. The fourth-order valence-corrected chi connectivity index (χ4v) is 3.07. The number of rotatable bonds is 3. The predicted octanol–water partition coefficient (Wildman–Crippen LogP) is 1.94. The van der Waals surface area contributed by atoms with Crippen LogP contribution in [-0.4, -0.2) is 49.7 Å². The first kappa shape index (κ1) is 15.2. The van der Waals surface area contributed by atoms with E-state index in [2.05, 4.69) is 31.1 Å². The number of hydrogen-bond acceptors (Lipinski definition) is 6. The molecule has 0 saturated carbocycles. The van der Waals surface area contributed by atoms with Crippen molar-refractivity contribution in [2.24, 2.45) is 0 Å². The smallest absolute Gasteiger partial charge is 0.180 e. The van der Waals surface area contributed by atoms with Crippen LogP contribution in [0.25, 0.3) is 10.9 Å². The number of hydrogen-bond donors (Lipinski definition) is 1. The van der Waals surface area contributed by atoms with E-state index in [0.29, 0.717) is 19.0 Å². The fraction of sp³-hybridized carbons (Fsp3) is 0.412. The van der Waals surface area contributed by atoms with Crippen LogP contribution in [0.2, 0.25) is 0 Å². The van der Waals surface area contributed by atoms with Crippen LogP contribution < -0.4 is 0 Å². The van der Waals surface area contributed by atoms with Crippen molar-refractivity contribution in [3.05, 3.63) is 47.4 Å². The lowest BCUT2D eigenvalue weighted by atomic mass is 10.2. The quantitative estimate of drug-likeness (QED) is 0.793. The molecule has 124 valence electrons. The summed E-state index contributed by atoms with van der Waals surface area (Å²) in [5.41, 5.74) is 2.01. The van der Waals surface area contributed by atoms with E-state index >= 15 is 0 Å². The summed E-state index contributed by atoms with van der Waals surface area (Å²) in [6.07, 6.45) is -0.106. The maximum atomic E-state index is 5.81. The normalized spacial score (nSPS) is 19.0. The molecule has 3 aromatic rings. The van der Waals surface area contributed by atoms with E-state index < -0.39 is 0 Å². The Morgan fingerprint density at radius 2 is 2.08 bits per heavy atom. The third-order valence-electron chi connectivity index (χ3n) is 4.26. The molecule has 1 saturated heterocycles. The largest absolute Gasteiger partial charge is 0.367 e. The van der Waals surface area contributed by atoms with Crippen molar-refractivity contribution in [1.29, 1.82) is 0 Å². The van der Waals surface area contributed by atoms with E-state index in [1.165, 1.54) is 0 Å². The number of ether oxygens (including phenoxy) is 1. The molecule has 0 unspecified atom stereocenters. The summed E-state index contributed by atoms with van der Waals surface area (Å²) in [6.45, 7) is 6.89. The van der Waals surface area contributed by atoms with Gasteiger partial charge in [0.15, 0.2) is 5.82 Å². The first-order chi connectivity index (χ1) is 11.7. The van der Waals surface area contributed by atoms with E-state index in [0.717, 1.165) is 41.3 Å². The highest BCUT2D eigenvalue weighted by molar-refractivity contribution is 5.80. The average molecular weight is 324 g/mol. The monoisotopic (exact) mass is 324 g/mol. The minimum Gasteiger partial charge on any atom is -0.367 e. The lowest BCUT2D eigenvalue weighted by molar-refractivity contribution is -0.0377. The number of aryl methyl sites for hydroxylation is 2. The topological polar surface area (TPSA) is 79.8 Å². The second-order valence-electron chi connectivity index (χ2n) is 6.12. The minimum absolute atomic E-state index is 0.106. The molecule has 4 rings (SSSR count). The first-order valence-electron chi connectivity index (χ1n) is 8.14. The lowest BCUT2D eigenvalue weighted by Crippen LogP contribution is -2.38. The van der Waals surface area contributed by atoms with Gasteiger partial charge < -0.3 is 4.74 Å². The molecule has 1 N–H and O–H groups in total. The SMILES string of the molecule is Cc1nc([C@H]2CN(Cc3nc(C)c4ccccc4n3)CCO2)n[nH]1. The molecule has 0 amide bonds. The highest BCUT2D eigenvalue weighted by Gasteiger charge is 2.25. The number of benzene rings is 1. The number of para-hydroxylation sites is 1. The molecule has 0 spiro atoms. The zero-order valence-electron chi connectivity index (χ0n) is 13.9. The third kappa shape index (κ3) is 3.00. The van der Waals surface area contributed by atoms with Crippen molar-refractivity contribution >= 4 is 10.9 Å². The zero-order valence-corrected chi connectivity index (χ0v) is 13.9. The van der Waals surface area contributed by atoms with Crippen LogP contribution in [0.5, 0.6) is 0 Å². The molecule has 2 aromatic heterocycles. The average Bonchev–Trinajstić information content (AvgIpc) is 3.02. The number of H-pyrrole nitrogens is 1. The molecule has 1 fully saturated rings. The Kier molecular flexibility index (Phi) is 3.95. The molecule has 7 heteroatoms. The Labute approximate surface area is 140 Å². The van der Waals surface area contributed by atoms with Gasteiger partial charge in [-0.2, -0.15) is 5.10 Å². The van der Waals surface area contributed by atoms with Crippen molar-refractivity contribution in [3.63, 3.8) is 0 Å². The predicted molar refractivity (Wildman–Crippen MR) is 89.4 cm³/mol. The Bertz CT molecular complexity index is 861. The van der Waals surface area contributed by atoms with Crippen molar-refractivity contribution in [1.82, 2.24) is 30.0 Å². The summed E-state index contributed by atoms with van der Waals surface area (Å²) in [5.74, 6) is 2.37. The molecule has 1 atom stereocenters. The van der Waals surface area contributed by atoms with Gasteiger partial charge in [-0.3, -0.25) is 10.00 Å². The summed E-state index contributed by atoms with van der Waals surface area (Å²) in [6, 6.07) is 8.12. The number of morpholine rings is 1. The van der Waals surface area contributed by atoms with Crippen molar-refractivity contribution < 1.29 is 4.74 Å². The summed E-state index contributed by atoms with van der Waals surface area (Å²) in [5, 5.41) is 8.20. The van der Waals surface area contributed by atoms with Gasteiger partial charge in [-0.15, -0.1) is 0 Å². The van der Waals surface area contributed by atoms with Crippen molar-refractivity contribution in [2.75, 3.05) is 19.7 Å². The van der Waals surface area contributed by atoms with Crippen LogP contribution >= 0.6 is 0 Å². The van der Waals surface area contributed by atoms with Gasteiger partial charge in [0.25, 0.3) is 0 Å². The standard InChI is InChI=1S/C17H20N6O/c1-11-13-5-3-4-6-14(13)20-16(18-11)10-23-7-8-24-15(9-23)17-19-12(2)21-22-17/h3-6,15H,7-10H2,1-2H3,(H,19,21,22)/t15-/m1/s1. The van der Waals surface area contributed by atoms with Crippen molar-refractivity contribution in [3.8, 4) is 0 Å². The van der Waals surface area contributed by atoms with Crippen molar-refractivity contribution in [2.45, 2.75) is 26.5 Å². The second kappa shape index (κ2) is 6.26. The molecular weight excluding hydrogens is 304 g/mol. The molecule has 24 heavy (non-hydrogen) atoms. The number of nitrogens with one attached hydrogen (secondary N) is 1. The highest BCUT2D eigenvalue weighted by Crippen LogP contribution is 2.21. The summed E-state index contributed by atoms with van der Waals surface area (Å²) in [7, 11) is 0. The third-order valence-corrected chi connectivity index (χ3v) is 4.26. The maximum Gasteiger partial charge on any atom is 0.180 e. The summed E-state index contributed by atoms with van der Waals surface area (Å²) < 4.78 is 5.81. The van der Waals surface area contributed by atoms with Gasteiger partial charge in [-0.25, -0.2) is 15.0 Å². The van der Waals surface area contributed by atoms with Gasteiger partial charge in [-0.05, 0) is 19.9 Å². The van der Waals surface area contributed by atoms with Gasteiger partial charge in [0.05, 0.1) is 18.7 Å². The second-order valence-corrected chi connectivity index (χ2v) is 6.12. The van der Waals surface area contributed by atoms with Crippen LogP contribution in [0.3, 0.4) is 0 Å². The fourth-order valence-electron chi connectivity index (χ4n) is 3.07. The Hall–Kier alpha value is -2.38. The van der Waals surface area contributed by atoms with E-state index in [1.807, 2.05) is 32.0 Å². The lowest BCUT2D eigenvalue weighted by Gasteiger charge is -2.31. The molecule has 0 radical (unpaired) electrons. The first-order valence-corrected chi connectivity index (χ1v) is 8.14. The number of nitrogens with zero attached hydrogens (tertiary/aromatic N) is 5. The molecule has 0 bridgehead atoms. The van der Waals surface area contributed by atoms with Gasteiger partial charge in [0.2, 0.25) is 0 Å². The van der Waals surface area contributed by atoms with Gasteiger partial charge >= 0.3 is 0 Å². The number of aromatic amines is 1. The molecule has 3 heterocycles. The van der Waals surface area contributed by atoms with Crippen LogP contribution in [0.4, 0.5) is 0 Å². The minimum atomic E-state index is -0.106. The number of aromatic nitrogens is 5. The summed E-state index contributed by atoms with van der Waals surface area (Å²) in [4.78, 5) is 16.0. The Morgan fingerprint density at radius 3 is 2.92 bits per heavy atom. The molecule has 0 aliphatic carbocycles. The molecule has 1 aromatic carbocycles.